The molecule has 0 atom stereocenters. The van der Waals surface area contributed by atoms with Crippen LogP contribution in [0.1, 0.15) is 37.3 Å². The fraction of sp³-hybridized carbons (Fsp3) is 0.250. The second-order valence-electron chi connectivity index (χ2n) is 6.79. The summed E-state index contributed by atoms with van der Waals surface area (Å²) in [5.74, 6) is 0.423. The molecule has 3 rings (SSSR count). The molecule has 3 aromatic carbocycles. The van der Waals surface area contributed by atoms with E-state index in [0.717, 1.165) is 13.0 Å². The van der Waals surface area contributed by atoms with Crippen molar-refractivity contribution in [3.63, 3.8) is 0 Å². The van der Waals surface area contributed by atoms with Gasteiger partial charge in [0.05, 0.1) is 0 Å². The molecule has 0 fully saturated rings. The Hall–Kier alpha value is -2.54. The van der Waals surface area contributed by atoms with E-state index in [9.17, 15) is 0 Å². The highest BCUT2D eigenvalue weighted by Gasteiger charge is 2.17. The van der Waals surface area contributed by atoms with E-state index in [-0.39, 0.29) is 0 Å². The van der Waals surface area contributed by atoms with Crippen LogP contribution in [0.5, 0.6) is 0 Å². The maximum atomic E-state index is 2.50. The SMILES string of the molecule is CC(C)N(CCC(c1ccccc1)c1ccccc1)c1ccccc1. The standard InChI is InChI=1S/C24H27N/c1-20(2)25(23-16-10-5-11-17-23)19-18-24(21-12-6-3-7-13-21)22-14-8-4-9-15-22/h3-17,20,24H,18-19H2,1-2H3. The number of nitrogens with zero attached hydrogens (tertiary/aromatic N) is 1. The maximum absolute atomic E-state index is 2.50. The van der Waals surface area contributed by atoms with Crippen LogP contribution in [0.2, 0.25) is 0 Å². The minimum absolute atomic E-state index is 0.423. The van der Waals surface area contributed by atoms with E-state index < -0.39 is 0 Å². The van der Waals surface area contributed by atoms with Crippen molar-refractivity contribution in [2.75, 3.05) is 11.4 Å². The van der Waals surface area contributed by atoms with Crippen LogP contribution in [0.15, 0.2) is 91.0 Å². The molecule has 0 unspecified atom stereocenters. The summed E-state index contributed by atoms with van der Waals surface area (Å²) in [4.78, 5) is 2.50. The van der Waals surface area contributed by atoms with Crippen molar-refractivity contribution in [2.24, 2.45) is 0 Å². The lowest BCUT2D eigenvalue weighted by atomic mass is 9.88. The van der Waals surface area contributed by atoms with E-state index in [1.165, 1.54) is 16.8 Å². The van der Waals surface area contributed by atoms with E-state index in [0.29, 0.717) is 12.0 Å². The van der Waals surface area contributed by atoms with Crippen molar-refractivity contribution < 1.29 is 0 Å². The number of rotatable bonds is 7. The first kappa shape index (κ1) is 17.3. The highest BCUT2D eigenvalue weighted by molar-refractivity contribution is 5.47. The third-order valence-corrected chi connectivity index (χ3v) is 4.77. The first-order valence-electron chi connectivity index (χ1n) is 9.17. The minimum atomic E-state index is 0.423. The van der Waals surface area contributed by atoms with Gasteiger partial charge in [0.25, 0.3) is 0 Å². The van der Waals surface area contributed by atoms with Gasteiger partial charge in [0.2, 0.25) is 0 Å². The van der Waals surface area contributed by atoms with Crippen LogP contribution in [0.25, 0.3) is 0 Å². The van der Waals surface area contributed by atoms with Crippen LogP contribution in [0, 0.1) is 0 Å². The number of hydrogen-bond donors (Lipinski definition) is 0. The van der Waals surface area contributed by atoms with Crippen LogP contribution in [0.3, 0.4) is 0 Å². The van der Waals surface area contributed by atoms with Crippen molar-refractivity contribution in [1.29, 1.82) is 0 Å². The zero-order valence-corrected chi connectivity index (χ0v) is 15.2. The Labute approximate surface area is 151 Å². The summed E-state index contributed by atoms with van der Waals surface area (Å²) < 4.78 is 0. The largest absolute Gasteiger partial charge is 0.369 e. The molecule has 0 N–H and O–H groups in total. The summed E-state index contributed by atoms with van der Waals surface area (Å²) >= 11 is 0. The number of para-hydroxylation sites is 1. The average molecular weight is 329 g/mol. The molecular formula is C24H27N. The number of anilines is 1. The topological polar surface area (TPSA) is 3.24 Å². The van der Waals surface area contributed by atoms with Gasteiger partial charge >= 0.3 is 0 Å². The molecule has 1 heteroatoms. The fourth-order valence-corrected chi connectivity index (χ4v) is 3.47. The first-order chi connectivity index (χ1) is 12.3. The zero-order chi connectivity index (χ0) is 17.5. The quantitative estimate of drug-likeness (QED) is 0.504. The lowest BCUT2D eigenvalue weighted by Crippen LogP contribution is -2.32. The summed E-state index contributed by atoms with van der Waals surface area (Å²) in [5.41, 5.74) is 4.09. The second-order valence-corrected chi connectivity index (χ2v) is 6.79. The number of benzene rings is 3. The lowest BCUT2D eigenvalue weighted by molar-refractivity contribution is 0.622. The van der Waals surface area contributed by atoms with Crippen molar-refractivity contribution >= 4 is 5.69 Å². The summed E-state index contributed by atoms with van der Waals surface area (Å²) in [6.45, 7) is 5.58. The highest BCUT2D eigenvalue weighted by atomic mass is 15.1. The summed E-state index contributed by atoms with van der Waals surface area (Å²) in [6, 6.07) is 33.0. The molecular weight excluding hydrogens is 302 g/mol. The molecule has 0 spiro atoms. The smallest absolute Gasteiger partial charge is 0.0368 e. The third kappa shape index (κ3) is 4.51. The van der Waals surface area contributed by atoms with Crippen LogP contribution in [0.4, 0.5) is 5.69 Å². The molecule has 0 aromatic heterocycles. The monoisotopic (exact) mass is 329 g/mol. The van der Waals surface area contributed by atoms with E-state index in [1.54, 1.807) is 0 Å². The Balaban J connectivity index is 1.83. The Kier molecular flexibility index (Phi) is 5.90. The van der Waals surface area contributed by atoms with Gasteiger partial charge in [-0.15, -0.1) is 0 Å². The van der Waals surface area contributed by atoms with Crippen LogP contribution in [-0.4, -0.2) is 12.6 Å². The average Bonchev–Trinajstić information content (AvgIpc) is 2.67. The molecule has 0 heterocycles. The molecule has 0 aliphatic carbocycles. The molecule has 0 bridgehead atoms. The molecule has 3 aromatic rings. The molecule has 0 amide bonds. The van der Waals surface area contributed by atoms with Gasteiger partial charge in [0, 0.05) is 24.2 Å². The zero-order valence-electron chi connectivity index (χ0n) is 15.2. The molecule has 0 saturated heterocycles. The van der Waals surface area contributed by atoms with E-state index in [2.05, 4.69) is 110 Å². The predicted octanol–water partition coefficient (Wildman–Crippen LogP) is 6.12. The van der Waals surface area contributed by atoms with Gasteiger partial charge in [-0.25, -0.2) is 0 Å². The molecule has 0 saturated carbocycles. The molecule has 25 heavy (non-hydrogen) atoms. The molecule has 128 valence electrons. The van der Waals surface area contributed by atoms with Crippen molar-refractivity contribution in [2.45, 2.75) is 32.2 Å². The van der Waals surface area contributed by atoms with Gasteiger partial charge in [-0.1, -0.05) is 78.9 Å². The molecule has 1 nitrogen and oxygen atoms in total. The normalized spacial score (nSPS) is 11.0. The van der Waals surface area contributed by atoms with Crippen LogP contribution in [-0.2, 0) is 0 Å². The Bertz CT molecular complexity index is 695. The van der Waals surface area contributed by atoms with Gasteiger partial charge in [-0.2, -0.15) is 0 Å². The summed E-state index contributed by atoms with van der Waals surface area (Å²) in [6.07, 6.45) is 1.10. The second kappa shape index (κ2) is 8.53. The van der Waals surface area contributed by atoms with E-state index >= 15 is 0 Å². The van der Waals surface area contributed by atoms with Crippen LogP contribution < -0.4 is 4.90 Å². The minimum Gasteiger partial charge on any atom is -0.369 e. The maximum Gasteiger partial charge on any atom is 0.0368 e. The summed E-state index contributed by atoms with van der Waals surface area (Å²) in [5, 5.41) is 0. The lowest BCUT2D eigenvalue weighted by Gasteiger charge is -2.31. The van der Waals surface area contributed by atoms with Crippen LogP contribution >= 0.6 is 0 Å². The van der Waals surface area contributed by atoms with Gasteiger partial charge in [0.15, 0.2) is 0 Å². The first-order valence-corrected chi connectivity index (χ1v) is 9.17. The van der Waals surface area contributed by atoms with E-state index in [4.69, 9.17) is 0 Å². The van der Waals surface area contributed by atoms with Gasteiger partial charge in [-0.3, -0.25) is 0 Å². The molecule has 0 aliphatic heterocycles. The van der Waals surface area contributed by atoms with Crippen molar-refractivity contribution in [1.82, 2.24) is 0 Å². The fourth-order valence-electron chi connectivity index (χ4n) is 3.47. The Morgan fingerprint density at radius 2 is 1.08 bits per heavy atom. The highest BCUT2D eigenvalue weighted by Crippen LogP contribution is 2.29. The third-order valence-electron chi connectivity index (χ3n) is 4.77. The molecule has 0 radical (unpaired) electrons. The summed E-state index contributed by atoms with van der Waals surface area (Å²) in [7, 11) is 0. The number of hydrogen-bond acceptors (Lipinski definition) is 1. The van der Waals surface area contributed by atoms with Gasteiger partial charge < -0.3 is 4.90 Å². The predicted molar refractivity (Wildman–Crippen MR) is 108 cm³/mol. The molecule has 0 aliphatic rings. The van der Waals surface area contributed by atoms with Crippen molar-refractivity contribution in [3.8, 4) is 0 Å². The van der Waals surface area contributed by atoms with E-state index in [1.807, 2.05) is 0 Å². The van der Waals surface area contributed by atoms with Gasteiger partial charge in [-0.05, 0) is 43.5 Å². The van der Waals surface area contributed by atoms with Gasteiger partial charge in [0.1, 0.15) is 0 Å². The Morgan fingerprint density at radius 3 is 1.52 bits per heavy atom. The Morgan fingerprint density at radius 1 is 0.640 bits per heavy atom. The van der Waals surface area contributed by atoms with Crippen molar-refractivity contribution in [3.05, 3.63) is 102 Å².